The zero-order valence-electron chi connectivity index (χ0n) is 24.7. The number of carbonyl (C=O) groups is 5. The van der Waals surface area contributed by atoms with Crippen molar-refractivity contribution in [1.82, 2.24) is 4.90 Å². The summed E-state index contributed by atoms with van der Waals surface area (Å²) in [6, 6.07) is 12.1. The molecule has 2 aromatic rings. The normalized spacial score (nSPS) is 17.5. The van der Waals surface area contributed by atoms with Crippen molar-refractivity contribution in [3.05, 3.63) is 70.8 Å². The Balaban J connectivity index is 0.000000362. The highest BCUT2D eigenvalue weighted by atomic mass is 16.6. The van der Waals surface area contributed by atoms with E-state index in [1.54, 1.807) is 43.0 Å². The van der Waals surface area contributed by atoms with Crippen LogP contribution in [-0.4, -0.2) is 93.2 Å². The molecule has 13 nitrogen and oxygen atoms in total. The Labute approximate surface area is 249 Å². The summed E-state index contributed by atoms with van der Waals surface area (Å²) in [7, 11) is 0. The van der Waals surface area contributed by atoms with Gasteiger partial charge in [0.05, 0.1) is 23.3 Å². The van der Waals surface area contributed by atoms with E-state index in [1.165, 1.54) is 24.3 Å². The summed E-state index contributed by atoms with van der Waals surface area (Å²) >= 11 is 0. The van der Waals surface area contributed by atoms with Crippen LogP contribution in [0, 0.1) is 13.8 Å². The molecule has 1 fully saturated rings. The molecule has 0 spiro atoms. The number of carboxylic acids is 2. The summed E-state index contributed by atoms with van der Waals surface area (Å²) in [6.45, 7) is 9.85. The van der Waals surface area contributed by atoms with Crippen LogP contribution >= 0.6 is 0 Å². The molecule has 3 rings (SSSR count). The van der Waals surface area contributed by atoms with Crippen molar-refractivity contribution in [2.75, 3.05) is 19.7 Å². The number of aliphatic hydroxyl groups excluding tert-OH is 1. The van der Waals surface area contributed by atoms with E-state index in [9.17, 15) is 34.2 Å². The minimum Gasteiger partial charge on any atom is -0.478 e. The topological polar surface area (TPSA) is 203 Å². The number of aliphatic carboxylic acids is 2. The monoisotopic (exact) mass is 602 g/mol. The minimum absolute atomic E-state index is 0.0332. The number of nitrogens with two attached hydrogens (primary N) is 1. The molecular formula is C30H38N2O11. The van der Waals surface area contributed by atoms with Gasteiger partial charge in [0.15, 0.2) is 0 Å². The Kier molecular flexibility index (Phi) is 11.8. The van der Waals surface area contributed by atoms with E-state index in [0.717, 1.165) is 11.1 Å². The molecule has 0 bridgehead atoms. The van der Waals surface area contributed by atoms with Gasteiger partial charge in [-0.3, -0.25) is 0 Å². The van der Waals surface area contributed by atoms with Crippen LogP contribution in [0.2, 0.25) is 0 Å². The molecule has 0 aromatic heterocycles. The highest BCUT2D eigenvalue weighted by Gasteiger charge is 2.41. The van der Waals surface area contributed by atoms with Crippen molar-refractivity contribution in [2.45, 2.75) is 64.4 Å². The number of aliphatic hydroxyl groups is 1. The third-order valence-electron chi connectivity index (χ3n) is 6.16. The van der Waals surface area contributed by atoms with Crippen LogP contribution in [0.3, 0.4) is 0 Å². The van der Waals surface area contributed by atoms with E-state index in [0.29, 0.717) is 19.5 Å². The lowest BCUT2D eigenvalue weighted by Gasteiger charge is -2.26. The maximum absolute atomic E-state index is 12.2. The Bertz CT molecular complexity index is 1230. The maximum Gasteiger partial charge on any atom is 0.410 e. The molecule has 1 amide bonds. The highest BCUT2D eigenvalue weighted by molar-refractivity contribution is 5.95. The number of ether oxygens (including phenoxy) is 3. The van der Waals surface area contributed by atoms with Crippen molar-refractivity contribution in [2.24, 2.45) is 5.73 Å². The second-order valence-electron chi connectivity index (χ2n) is 11.2. The van der Waals surface area contributed by atoms with Gasteiger partial charge in [0.25, 0.3) is 0 Å². The zero-order valence-corrected chi connectivity index (χ0v) is 24.7. The fraction of sp³-hybridized carbons (Fsp3) is 0.433. The first kappa shape index (κ1) is 34.7. The predicted molar refractivity (Wildman–Crippen MR) is 152 cm³/mol. The smallest absolute Gasteiger partial charge is 0.410 e. The van der Waals surface area contributed by atoms with E-state index in [-0.39, 0.29) is 23.8 Å². The Morgan fingerprint density at radius 2 is 1.23 bits per heavy atom. The van der Waals surface area contributed by atoms with Crippen LogP contribution in [-0.2, 0) is 23.8 Å². The van der Waals surface area contributed by atoms with E-state index in [4.69, 9.17) is 25.1 Å². The van der Waals surface area contributed by atoms with Gasteiger partial charge in [-0.25, -0.2) is 24.0 Å². The fourth-order valence-corrected chi connectivity index (χ4v) is 3.74. The average molecular weight is 603 g/mol. The standard InChI is InChI=1S/C20H18O8.C10H20N2O3/c1-11-3-7-13(8-4-11)19(25)27-15(17(21)22)16(18(23)24)28-20(26)14-9-5-12(2)6-10-14;1-9(2,3)15-8(14)12-5-4-10(11,6-12)7-13/h3-10,15-16H,1-2H3,(H,21,22)(H,23,24);13H,4-7,11H2,1-3H3/t15-,16-;10-/m00/s1. The number of carboxylic acid groups (broad SMARTS) is 2. The molecule has 43 heavy (non-hydrogen) atoms. The maximum atomic E-state index is 12.2. The molecule has 1 heterocycles. The van der Waals surface area contributed by atoms with Crippen molar-refractivity contribution >= 4 is 30.0 Å². The molecule has 3 atom stereocenters. The van der Waals surface area contributed by atoms with Gasteiger partial charge in [0.2, 0.25) is 12.2 Å². The molecule has 2 aromatic carbocycles. The van der Waals surface area contributed by atoms with E-state index in [2.05, 4.69) is 0 Å². The first-order valence-corrected chi connectivity index (χ1v) is 13.3. The Hall–Kier alpha value is -4.49. The van der Waals surface area contributed by atoms with Crippen molar-refractivity contribution in [3.63, 3.8) is 0 Å². The van der Waals surface area contributed by atoms with Gasteiger partial charge in [-0.05, 0) is 65.3 Å². The number of nitrogens with zero attached hydrogens (tertiary/aromatic N) is 1. The lowest BCUT2D eigenvalue weighted by atomic mass is 10.0. The molecule has 13 heteroatoms. The van der Waals surface area contributed by atoms with Gasteiger partial charge < -0.3 is 40.2 Å². The molecule has 1 saturated heterocycles. The lowest BCUT2D eigenvalue weighted by Crippen LogP contribution is -2.47. The largest absolute Gasteiger partial charge is 0.478 e. The van der Waals surface area contributed by atoms with Crippen molar-refractivity contribution < 1.29 is 53.5 Å². The highest BCUT2D eigenvalue weighted by Crippen LogP contribution is 2.21. The zero-order chi connectivity index (χ0) is 32.5. The van der Waals surface area contributed by atoms with Crippen LogP contribution < -0.4 is 5.73 Å². The number of likely N-dealkylation sites (tertiary alicyclic amines) is 1. The van der Waals surface area contributed by atoms with Crippen LogP contribution in [0.25, 0.3) is 0 Å². The summed E-state index contributed by atoms with van der Waals surface area (Å²) in [5.74, 6) is -5.62. The number of rotatable bonds is 8. The van der Waals surface area contributed by atoms with Crippen molar-refractivity contribution in [3.8, 4) is 0 Å². The number of esters is 2. The van der Waals surface area contributed by atoms with Gasteiger partial charge in [-0.1, -0.05) is 35.4 Å². The summed E-state index contributed by atoms with van der Waals surface area (Å²) in [5.41, 5.74) is 6.50. The lowest BCUT2D eigenvalue weighted by molar-refractivity contribution is -0.166. The number of hydrogen-bond donors (Lipinski definition) is 4. The van der Waals surface area contributed by atoms with Gasteiger partial charge in [-0.2, -0.15) is 0 Å². The molecule has 0 aliphatic carbocycles. The number of hydrogen-bond acceptors (Lipinski definition) is 10. The van der Waals surface area contributed by atoms with E-state index < -0.39 is 47.2 Å². The first-order chi connectivity index (χ1) is 19.9. The first-order valence-electron chi connectivity index (χ1n) is 13.3. The molecular weight excluding hydrogens is 564 g/mol. The SMILES string of the molecule is CC(C)(C)OC(=O)N1CC[C@@](N)(CO)C1.Cc1ccc(C(=O)O[C@H](C(=O)O)[C@H](OC(=O)c2ccc(C)cc2)C(=O)O)cc1. The molecule has 1 aliphatic heterocycles. The van der Waals surface area contributed by atoms with E-state index in [1.807, 2.05) is 20.8 Å². The molecule has 234 valence electrons. The number of benzene rings is 2. The van der Waals surface area contributed by atoms with Gasteiger partial charge in [0, 0.05) is 13.1 Å². The summed E-state index contributed by atoms with van der Waals surface area (Å²) < 4.78 is 14.9. The number of carbonyl (C=O) groups excluding carboxylic acids is 3. The summed E-state index contributed by atoms with van der Waals surface area (Å²) in [6.07, 6.45) is -4.19. The molecule has 5 N–H and O–H groups in total. The Morgan fingerprint density at radius 3 is 1.53 bits per heavy atom. The third kappa shape index (κ3) is 10.7. The van der Waals surface area contributed by atoms with Gasteiger partial charge in [0.1, 0.15) is 5.60 Å². The Morgan fingerprint density at radius 1 is 0.837 bits per heavy atom. The molecule has 0 radical (unpaired) electrons. The average Bonchev–Trinajstić information content (AvgIpc) is 3.33. The second kappa shape index (κ2) is 14.6. The van der Waals surface area contributed by atoms with Crippen LogP contribution in [0.1, 0.15) is 59.0 Å². The number of amides is 1. The third-order valence-corrected chi connectivity index (χ3v) is 6.16. The molecule has 0 unspecified atom stereocenters. The minimum atomic E-state index is -2.22. The quantitative estimate of drug-likeness (QED) is 0.254. The predicted octanol–water partition coefficient (Wildman–Crippen LogP) is 2.54. The van der Waals surface area contributed by atoms with E-state index >= 15 is 0 Å². The van der Waals surface area contributed by atoms with Gasteiger partial charge >= 0.3 is 30.0 Å². The van der Waals surface area contributed by atoms with Crippen LogP contribution in [0.4, 0.5) is 4.79 Å². The number of aryl methyl sites for hydroxylation is 2. The fourth-order valence-electron chi connectivity index (χ4n) is 3.74. The molecule has 0 saturated carbocycles. The van der Waals surface area contributed by atoms with Crippen LogP contribution in [0.5, 0.6) is 0 Å². The summed E-state index contributed by atoms with van der Waals surface area (Å²) in [5, 5.41) is 27.7. The molecule has 1 aliphatic rings. The van der Waals surface area contributed by atoms with Crippen molar-refractivity contribution in [1.29, 1.82) is 0 Å². The van der Waals surface area contributed by atoms with Gasteiger partial charge in [-0.15, -0.1) is 0 Å². The summed E-state index contributed by atoms with van der Waals surface area (Å²) in [4.78, 5) is 60.5. The van der Waals surface area contributed by atoms with Crippen LogP contribution in [0.15, 0.2) is 48.5 Å². The second-order valence-corrected chi connectivity index (χ2v) is 11.2.